The third-order valence-electron chi connectivity index (χ3n) is 2.44. The van der Waals surface area contributed by atoms with E-state index in [1.54, 1.807) is 27.7 Å². The lowest BCUT2D eigenvalue weighted by atomic mass is 9.99. The number of nitrogens with one attached hydrogen (secondary N) is 2. The first-order valence-corrected chi connectivity index (χ1v) is 6.48. The Balaban J connectivity index is 5.08. The number of hydrogen-bond acceptors (Lipinski definition) is 5. The smallest absolute Gasteiger partial charge is 0.327 e. The number of carbonyl (C=O) groups excluding carboxylic acids is 2. The molecule has 6 nitrogen and oxygen atoms in total. The SMILES string of the molecule is CC(C)(S)[C@@H](NC(=O)[C@H](NC=O)C(C)(C)S)C(=O)O. The van der Waals surface area contributed by atoms with Crippen molar-refractivity contribution in [2.45, 2.75) is 49.3 Å². The monoisotopic (exact) mass is 308 g/mol. The highest BCUT2D eigenvalue weighted by Crippen LogP contribution is 2.21. The molecule has 0 spiro atoms. The molecule has 0 aliphatic heterocycles. The van der Waals surface area contributed by atoms with E-state index in [2.05, 4.69) is 35.9 Å². The summed E-state index contributed by atoms with van der Waals surface area (Å²) in [6, 6.07) is -2.14. The molecular formula is C11H20N2O4S2. The first-order valence-electron chi connectivity index (χ1n) is 5.59. The first-order chi connectivity index (χ1) is 8.41. The van der Waals surface area contributed by atoms with E-state index in [0.717, 1.165) is 0 Å². The van der Waals surface area contributed by atoms with Crippen molar-refractivity contribution in [3.63, 3.8) is 0 Å². The van der Waals surface area contributed by atoms with Crippen LogP contribution in [0, 0.1) is 0 Å². The predicted molar refractivity (Wildman–Crippen MR) is 78.7 cm³/mol. The van der Waals surface area contributed by atoms with Crippen LogP contribution in [0.3, 0.4) is 0 Å². The Morgan fingerprint density at radius 1 is 1.11 bits per heavy atom. The van der Waals surface area contributed by atoms with Gasteiger partial charge in [0.15, 0.2) is 0 Å². The van der Waals surface area contributed by atoms with Crippen molar-refractivity contribution in [3.05, 3.63) is 0 Å². The van der Waals surface area contributed by atoms with Crippen LogP contribution in [0.1, 0.15) is 27.7 Å². The van der Waals surface area contributed by atoms with E-state index in [1.165, 1.54) is 0 Å². The Bertz CT molecular complexity index is 361. The summed E-state index contributed by atoms with van der Waals surface area (Å²) in [6.45, 7) is 6.42. The number of carboxylic acid groups (broad SMARTS) is 1. The van der Waals surface area contributed by atoms with Gasteiger partial charge in [-0.3, -0.25) is 9.59 Å². The molecule has 8 heteroatoms. The molecule has 2 atom stereocenters. The van der Waals surface area contributed by atoms with Gasteiger partial charge in [0.2, 0.25) is 12.3 Å². The van der Waals surface area contributed by atoms with Crippen LogP contribution in [0.2, 0.25) is 0 Å². The number of amides is 2. The average molecular weight is 308 g/mol. The second kappa shape index (κ2) is 6.51. The molecule has 0 saturated heterocycles. The van der Waals surface area contributed by atoms with Crippen LogP contribution in [0.4, 0.5) is 0 Å². The molecule has 2 amide bonds. The van der Waals surface area contributed by atoms with Gasteiger partial charge in [-0.15, -0.1) is 0 Å². The van der Waals surface area contributed by atoms with Gasteiger partial charge in [-0.1, -0.05) is 0 Å². The molecular weight excluding hydrogens is 288 g/mol. The lowest BCUT2D eigenvalue weighted by Crippen LogP contribution is -2.60. The van der Waals surface area contributed by atoms with Gasteiger partial charge in [0.25, 0.3) is 0 Å². The molecule has 0 aliphatic carbocycles. The molecule has 0 aromatic rings. The summed E-state index contributed by atoms with van der Waals surface area (Å²) in [5, 5.41) is 13.8. The second-order valence-corrected chi connectivity index (χ2v) is 7.61. The van der Waals surface area contributed by atoms with E-state index in [-0.39, 0.29) is 0 Å². The van der Waals surface area contributed by atoms with Crippen molar-refractivity contribution in [2.75, 3.05) is 0 Å². The standard InChI is InChI=1S/C11H20N2O4S2/c1-10(2,18)6(12-5-14)8(15)13-7(9(16)17)11(3,4)19/h5-7,18-19H,1-4H3,(H,12,14)(H,13,15)(H,16,17)/t6-,7-/m0/s1. The summed E-state index contributed by atoms with van der Waals surface area (Å²) in [5.41, 5.74) is 0. The van der Waals surface area contributed by atoms with Gasteiger partial charge in [0.05, 0.1) is 0 Å². The number of carboxylic acids is 1. The number of hydrogen-bond donors (Lipinski definition) is 5. The lowest BCUT2D eigenvalue weighted by Gasteiger charge is -2.32. The fourth-order valence-electron chi connectivity index (χ4n) is 1.43. The third kappa shape index (κ3) is 5.73. The second-order valence-electron chi connectivity index (χ2n) is 5.30. The molecule has 0 unspecified atom stereocenters. The van der Waals surface area contributed by atoms with Crippen LogP contribution in [0.25, 0.3) is 0 Å². The molecule has 0 rings (SSSR count). The largest absolute Gasteiger partial charge is 0.480 e. The van der Waals surface area contributed by atoms with Crippen LogP contribution in [-0.2, 0) is 14.4 Å². The third-order valence-corrected chi connectivity index (χ3v) is 2.96. The summed E-state index contributed by atoms with van der Waals surface area (Å²) < 4.78 is -1.79. The fourth-order valence-corrected chi connectivity index (χ4v) is 1.80. The minimum Gasteiger partial charge on any atom is -0.480 e. The maximum absolute atomic E-state index is 12.1. The van der Waals surface area contributed by atoms with Gasteiger partial charge < -0.3 is 15.7 Å². The van der Waals surface area contributed by atoms with Gasteiger partial charge in [-0.05, 0) is 27.7 Å². The van der Waals surface area contributed by atoms with Crippen molar-refractivity contribution in [1.29, 1.82) is 0 Å². The van der Waals surface area contributed by atoms with E-state index in [1.807, 2.05) is 0 Å². The van der Waals surface area contributed by atoms with Crippen LogP contribution >= 0.6 is 25.3 Å². The van der Waals surface area contributed by atoms with Gasteiger partial charge in [-0.25, -0.2) is 4.79 Å². The van der Waals surface area contributed by atoms with Crippen LogP contribution in [0.15, 0.2) is 0 Å². The van der Waals surface area contributed by atoms with Crippen molar-refractivity contribution in [2.24, 2.45) is 0 Å². The Kier molecular flexibility index (Phi) is 6.21. The average Bonchev–Trinajstić information content (AvgIpc) is 2.18. The minimum absolute atomic E-state index is 0.379. The minimum atomic E-state index is -1.20. The summed E-state index contributed by atoms with van der Waals surface area (Å²) >= 11 is 8.37. The molecule has 0 saturated carbocycles. The van der Waals surface area contributed by atoms with Crippen LogP contribution < -0.4 is 10.6 Å². The zero-order valence-electron chi connectivity index (χ0n) is 11.3. The maximum Gasteiger partial charge on any atom is 0.327 e. The molecule has 0 heterocycles. The topological polar surface area (TPSA) is 95.5 Å². The predicted octanol–water partition coefficient (Wildman–Crippen LogP) is 0.0872. The molecule has 0 aromatic heterocycles. The quantitative estimate of drug-likeness (QED) is 0.340. The molecule has 0 fully saturated rings. The number of aliphatic carboxylic acids is 1. The Labute approximate surface area is 123 Å². The van der Waals surface area contributed by atoms with Crippen molar-refractivity contribution in [1.82, 2.24) is 10.6 Å². The van der Waals surface area contributed by atoms with E-state index in [9.17, 15) is 14.4 Å². The van der Waals surface area contributed by atoms with Crippen molar-refractivity contribution < 1.29 is 19.5 Å². The number of rotatable bonds is 7. The first kappa shape index (κ1) is 18.1. The summed E-state index contributed by atoms with van der Waals surface area (Å²) in [6.07, 6.45) is 0.379. The molecule has 0 aliphatic rings. The van der Waals surface area contributed by atoms with Crippen molar-refractivity contribution in [3.8, 4) is 0 Å². The fraction of sp³-hybridized carbons (Fsp3) is 0.727. The van der Waals surface area contributed by atoms with Crippen molar-refractivity contribution >= 4 is 43.5 Å². The highest BCUT2D eigenvalue weighted by Gasteiger charge is 2.38. The van der Waals surface area contributed by atoms with E-state index in [0.29, 0.717) is 6.41 Å². The molecule has 0 radical (unpaired) electrons. The van der Waals surface area contributed by atoms with Crippen LogP contribution in [-0.4, -0.2) is 45.0 Å². The van der Waals surface area contributed by atoms with E-state index < -0.39 is 33.5 Å². The molecule has 19 heavy (non-hydrogen) atoms. The van der Waals surface area contributed by atoms with Crippen LogP contribution in [0.5, 0.6) is 0 Å². The Morgan fingerprint density at radius 3 is 1.79 bits per heavy atom. The number of thiol groups is 2. The summed E-state index contributed by atoms with van der Waals surface area (Å²) in [5.74, 6) is -1.82. The number of carbonyl (C=O) groups is 3. The van der Waals surface area contributed by atoms with Gasteiger partial charge in [-0.2, -0.15) is 25.3 Å². The van der Waals surface area contributed by atoms with E-state index in [4.69, 9.17) is 5.11 Å². The maximum atomic E-state index is 12.1. The van der Waals surface area contributed by atoms with E-state index >= 15 is 0 Å². The Hall–Kier alpha value is -0.890. The summed E-state index contributed by atoms with van der Waals surface area (Å²) in [4.78, 5) is 33.7. The molecule has 0 bridgehead atoms. The highest BCUT2D eigenvalue weighted by molar-refractivity contribution is 7.82. The Morgan fingerprint density at radius 2 is 1.53 bits per heavy atom. The van der Waals surface area contributed by atoms with Gasteiger partial charge >= 0.3 is 5.97 Å². The molecule has 110 valence electrons. The molecule has 0 aromatic carbocycles. The molecule has 3 N–H and O–H groups in total. The van der Waals surface area contributed by atoms with Gasteiger partial charge in [0.1, 0.15) is 12.1 Å². The summed E-state index contributed by atoms with van der Waals surface area (Å²) in [7, 11) is 0. The van der Waals surface area contributed by atoms with Gasteiger partial charge in [0, 0.05) is 9.49 Å². The highest BCUT2D eigenvalue weighted by atomic mass is 32.1. The zero-order valence-corrected chi connectivity index (χ0v) is 13.1. The zero-order chi connectivity index (χ0) is 15.4. The normalized spacial score (nSPS) is 15.3. The lowest BCUT2D eigenvalue weighted by molar-refractivity contribution is -0.143.